The van der Waals surface area contributed by atoms with Gasteiger partial charge in [0.1, 0.15) is 16.4 Å². The van der Waals surface area contributed by atoms with Crippen LogP contribution in [0.2, 0.25) is 0 Å². The van der Waals surface area contributed by atoms with Crippen LogP contribution in [-0.4, -0.2) is 34.8 Å². The first-order chi connectivity index (χ1) is 10.1. The molecule has 7 heteroatoms. The maximum absolute atomic E-state index is 11.6. The molecule has 1 aromatic heterocycles. The van der Waals surface area contributed by atoms with Gasteiger partial charge in [-0.15, -0.1) is 0 Å². The molecule has 0 spiro atoms. The van der Waals surface area contributed by atoms with Gasteiger partial charge in [0.15, 0.2) is 0 Å². The largest absolute Gasteiger partial charge is 0.511 e. The first-order valence-electron chi connectivity index (χ1n) is 6.31. The van der Waals surface area contributed by atoms with E-state index in [9.17, 15) is 9.90 Å². The van der Waals surface area contributed by atoms with Crippen LogP contribution in [-0.2, 0) is 9.53 Å². The lowest BCUT2D eigenvalue weighted by molar-refractivity contribution is -0.135. The van der Waals surface area contributed by atoms with E-state index in [-0.39, 0.29) is 16.0 Å². The minimum Gasteiger partial charge on any atom is -0.511 e. The Balaban J connectivity index is 1.91. The van der Waals surface area contributed by atoms with Gasteiger partial charge in [0.2, 0.25) is 0 Å². The van der Waals surface area contributed by atoms with Gasteiger partial charge < -0.3 is 19.1 Å². The Morgan fingerprint density at radius 3 is 3.00 bits per heavy atom. The summed E-state index contributed by atoms with van der Waals surface area (Å²) in [4.78, 5) is 16.2. The van der Waals surface area contributed by atoms with Crippen molar-refractivity contribution in [1.29, 1.82) is 0 Å². The highest BCUT2D eigenvalue weighted by atomic mass is 32.2. The number of imidazole rings is 1. The molecule has 0 saturated carbocycles. The van der Waals surface area contributed by atoms with Crippen molar-refractivity contribution in [3.05, 3.63) is 35.2 Å². The van der Waals surface area contributed by atoms with Gasteiger partial charge in [0.05, 0.1) is 37.0 Å². The number of nitrogens with zero attached hydrogens (tertiary/aromatic N) is 2. The molecule has 0 bridgehead atoms. The predicted octanol–water partition coefficient (Wildman–Crippen LogP) is 2.62. The van der Waals surface area contributed by atoms with Gasteiger partial charge in [0, 0.05) is 12.5 Å². The van der Waals surface area contributed by atoms with E-state index in [1.165, 1.54) is 18.9 Å². The van der Waals surface area contributed by atoms with Crippen LogP contribution in [0.3, 0.4) is 0 Å². The van der Waals surface area contributed by atoms with Gasteiger partial charge in [-0.3, -0.25) is 0 Å². The molecule has 6 nitrogen and oxygen atoms in total. The highest BCUT2D eigenvalue weighted by Crippen LogP contribution is 2.45. The van der Waals surface area contributed by atoms with Gasteiger partial charge in [0.25, 0.3) is 0 Å². The summed E-state index contributed by atoms with van der Waals surface area (Å²) in [6.45, 7) is 0. The summed E-state index contributed by atoms with van der Waals surface area (Å²) in [6.07, 6.45) is 2.07. The number of aliphatic hydroxyl groups is 1. The Labute approximate surface area is 125 Å². The monoisotopic (exact) mass is 306 g/mol. The molecule has 3 rings (SSSR count). The summed E-state index contributed by atoms with van der Waals surface area (Å²) in [6, 6.07) is 5.61. The number of esters is 1. The number of aromatic nitrogens is 2. The Morgan fingerprint density at radius 2 is 2.29 bits per heavy atom. The van der Waals surface area contributed by atoms with Crippen LogP contribution in [0.4, 0.5) is 0 Å². The molecular formula is C14H14N2O4S. The molecule has 1 N–H and O–H groups in total. The third kappa shape index (κ3) is 2.33. The zero-order valence-corrected chi connectivity index (χ0v) is 12.4. The Kier molecular flexibility index (Phi) is 3.50. The molecule has 0 radical (unpaired) electrons. The summed E-state index contributed by atoms with van der Waals surface area (Å²) in [5.74, 6) is 0.293. The fourth-order valence-corrected chi connectivity index (χ4v) is 3.48. The number of ether oxygens (including phenoxy) is 2. The number of methoxy groups -OCH3 is 2. The van der Waals surface area contributed by atoms with Crippen molar-refractivity contribution in [2.45, 2.75) is 11.8 Å². The second-order valence-electron chi connectivity index (χ2n) is 4.55. The number of thioether (sulfide) groups is 1. The summed E-state index contributed by atoms with van der Waals surface area (Å²) >= 11 is 1.28. The topological polar surface area (TPSA) is 73.6 Å². The first-order valence-corrected chi connectivity index (χ1v) is 7.19. The number of rotatable bonds is 3. The van der Waals surface area contributed by atoms with Gasteiger partial charge in [-0.05, 0) is 12.1 Å². The van der Waals surface area contributed by atoms with Gasteiger partial charge in [-0.2, -0.15) is 0 Å². The molecule has 2 aromatic rings. The fraction of sp³-hybridized carbons (Fsp3) is 0.286. The molecule has 0 saturated heterocycles. The van der Waals surface area contributed by atoms with Gasteiger partial charge >= 0.3 is 5.97 Å². The minimum atomic E-state index is -0.508. The van der Waals surface area contributed by atoms with Crippen LogP contribution in [0.5, 0.6) is 5.75 Å². The summed E-state index contributed by atoms with van der Waals surface area (Å²) in [5, 5.41) is 9.80. The first kappa shape index (κ1) is 13.8. The second kappa shape index (κ2) is 5.33. The van der Waals surface area contributed by atoms with Gasteiger partial charge in [-0.1, -0.05) is 11.8 Å². The highest BCUT2D eigenvalue weighted by molar-refractivity contribution is 8.04. The lowest BCUT2D eigenvalue weighted by Crippen LogP contribution is -2.03. The standard InChI is InChI=1S/C14H14N2O4S/c1-19-8-3-4-10-9(5-8)15-7-16(10)12-6-11(17)13(21-12)14(18)20-2/h3-5,7,12,17H,6H2,1-2H3. The quantitative estimate of drug-likeness (QED) is 0.879. The zero-order chi connectivity index (χ0) is 15.0. The van der Waals surface area contributed by atoms with E-state index in [1.54, 1.807) is 13.4 Å². The van der Waals surface area contributed by atoms with Crippen LogP contribution in [0, 0.1) is 0 Å². The van der Waals surface area contributed by atoms with Crippen LogP contribution in [0.1, 0.15) is 11.8 Å². The third-order valence-electron chi connectivity index (χ3n) is 3.35. The Hall–Kier alpha value is -2.15. The molecular weight excluding hydrogens is 292 g/mol. The SMILES string of the molecule is COC(=O)C1=C(O)CC(n2cnc3cc(OC)ccc32)S1. The average molecular weight is 306 g/mol. The van der Waals surface area contributed by atoms with Crippen LogP contribution >= 0.6 is 11.8 Å². The Morgan fingerprint density at radius 1 is 1.48 bits per heavy atom. The summed E-state index contributed by atoms with van der Waals surface area (Å²) in [5.41, 5.74) is 1.73. The van der Waals surface area contributed by atoms with Crippen molar-refractivity contribution in [1.82, 2.24) is 9.55 Å². The van der Waals surface area contributed by atoms with E-state index >= 15 is 0 Å². The fourth-order valence-electron chi connectivity index (χ4n) is 2.29. The van der Waals surface area contributed by atoms with E-state index < -0.39 is 5.97 Å². The predicted molar refractivity (Wildman–Crippen MR) is 79.2 cm³/mol. The van der Waals surface area contributed by atoms with Crippen molar-refractivity contribution in [3.63, 3.8) is 0 Å². The van der Waals surface area contributed by atoms with Crippen molar-refractivity contribution in [2.75, 3.05) is 14.2 Å². The highest BCUT2D eigenvalue weighted by Gasteiger charge is 2.31. The van der Waals surface area contributed by atoms with E-state index in [4.69, 9.17) is 4.74 Å². The molecule has 1 atom stereocenters. The van der Waals surface area contributed by atoms with E-state index in [0.717, 1.165) is 16.8 Å². The van der Waals surface area contributed by atoms with Crippen molar-refractivity contribution in [2.24, 2.45) is 0 Å². The maximum Gasteiger partial charge on any atom is 0.347 e. The van der Waals surface area contributed by atoms with Crippen molar-refractivity contribution in [3.8, 4) is 5.75 Å². The van der Waals surface area contributed by atoms with Crippen molar-refractivity contribution >= 4 is 28.8 Å². The molecule has 1 aliphatic heterocycles. The summed E-state index contributed by atoms with van der Waals surface area (Å²) < 4.78 is 11.8. The third-order valence-corrected chi connectivity index (χ3v) is 4.65. The van der Waals surface area contributed by atoms with Crippen LogP contribution < -0.4 is 4.74 Å². The molecule has 0 fully saturated rings. The molecule has 1 aliphatic rings. The molecule has 110 valence electrons. The number of aliphatic hydroxyl groups excluding tert-OH is 1. The minimum absolute atomic E-state index is 0.0622. The summed E-state index contributed by atoms with van der Waals surface area (Å²) in [7, 11) is 2.91. The van der Waals surface area contributed by atoms with Crippen LogP contribution in [0.15, 0.2) is 35.2 Å². The Bertz CT molecular complexity index is 738. The molecule has 2 heterocycles. The van der Waals surface area contributed by atoms with Gasteiger partial charge in [-0.25, -0.2) is 9.78 Å². The maximum atomic E-state index is 11.6. The molecule has 21 heavy (non-hydrogen) atoms. The lowest BCUT2D eigenvalue weighted by atomic mass is 10.3. The second-order valence-corrected chi connectivity index (χ2v) is 5.74. The number of benzene rings is 1. The average Bonchev–Trinajstić information content (AvgIpc) is 3.08. The van der Waals surface area contributed by atoms with Crippen molar-refractivity contribution < 1.29 is 19.4 Å². The molecule has 1 unspecified atom stereocenters. The number of hydrogen-bond acceptors (Lipinski definition) is 6. The molecule has 1 aromatic carbocycles. The zero-order valence-electron chi connectivity index (χ0n) is 11.6. The molecule has 0 aliphatic carbocycles. The van der Waals surface area contributed by atoms with E-state index in [1.807, 2.05) is 22.8 Å². The lowest BCUT2D eigenvalue weighted by Gasteiger charge is -2.12. The number of fused-ring (bicyclic) bond motifs is 1. The van der Waals surface area contributed by atoms with Crippen LogP contribution in [0.25, 0.3) is 11.0 Å². The number of carbonyl (C=O) groups excluding carboxylic acids is 1. The molecule has 0 amide bonds. The normalized spacial score (nSPS) is 18.3. The number of allylic oxidation sites excluding steroid dienone is 1. The van der Waals surface area contributed by atoms with E-state index in [0.29, 0.717) is 6.42 Å². The smallest absolute Gasteiger partial charge is 0.347 e. The number of carbonyl (C=O) groups is 1. The number of hydrogen-bond donors (Lipinski definition) is 1. The van der Waals surface area contributed by atoms with E-state index in [2.05, 4.69) is 9.72 Å².